The Bertz CT molecular complexity index is 2110. The van der Waals surface area contributed by atoms with Gasteiger partial charge in [0, 0.05) is 56.4 Å². The molecule has 1 aromatic carbocycles. The number of hydrogen-bond acceptors (Lipinski definition) is 10. The van der Waals surface area contributed by atoms with Crippen LogP contribution in [0.3, 0.4) is 0 Å². The smallest absolute Gasteiger partial charge is 0.355 e. The number of nitrogen functional groups attached to an aromatic ring is 1. The van der Waals surface area contributed by atoms with Crippen LogP contribution in [0.4, 0.5) is 20.3 Å². The quantitative estimate of drug-likeness (QED) is 0.226. The van der Waals surface area contributed by atoms with E-state index in [0.717, 1.165) is 48.9 Å². The summed E-state index contributed by atoms with van der Waals surface area (Å²) >= 11 is 0. The number of nitrogens with two attached hydrogens (primary N) is 1. The molecule has 0 unspecified atom stereocenters. The normalized spacial score (nSPS) is 17.7. The third-order valence-corrected chi connectivity index (χ3v) is 10.0. The highest BCUT2D eigenvalue weighted by molar-refractivity contribution is 7.90. The fraction of sp³-hybridized carbons (Fsp3) is 0.382. The van der Waals surface area contributed by atoms with Crippen LogP contribution in [0.25, 0.3) is 28.0 Å². The van der Waals surface area contributed by atoms with E-state index in [1.165, 1.54) is 30.8 Å². The van der Waals surface area contributed by atoms with Crippen molar-refractivity contribution < 1.29 is 22.0 Å². The predicted molar refractivity (Wildman–Crippen MR) is 183 cm³/mol. The van der Waals surface area contributed by atoms with E-state index in [9.17, 15) is 18.0 Å². The van der Waals surface area contributed by atoms with E-state index >= 15 is 8.78 Å². The van der Waals surface area contributed by atoms with Crippen LogP contribution in [0.5, 0.6) is 0 Å². The number of anilines is 2. The number of benzene rings is 1. The number of halogens is 2. The van der Waals surface area contributed by atoms with Gasteiger partial charge in [-0.1, -0.05) is 18.6 Å². The van der Waals surface area contributed by atoms with Gasteiger partial charge in [-0.3, -0.25) is 9.69 Å². The molecule has 1 amide bonds. The maximum atomic E-state index is 16.0. The number of likely N-dealkylation sites (tertiary alicyclic amines) is 1. The number of nitrogens with zero attached hydrogens (tertiary/aromatic N) is 7. The van der Waals surface area contributed by atoms with Crippen LogP contribution in [0.15, 0.2) is 58.5 Å². The Morgan fingerprint density at radius 2 is 1.82 bits per heavy atom. The number of hydrogen-bond donors (Lipinski definition) is 1. The van der Waals surface area contributed by atoms with Gasteiger partial charge in [-0.2, -0.15) is 4.98 Å². The first kappa shape index (κ1) is 34.1. The molecule has 2 aliphatic heterocycles. The van der Waals surface area contributed by atoms with Gasteiger partial charge in [0.2, 0.25) is 5.91 Å². The minimum atomic E-state index is -3.98. The average Bonchev–Trinajstić information content (AvgIpc) is 3.05. The van der Waals surface area contributed by atoms with E-state index < -0.39 is 37.9 Å². The van der Waals surface area contributed by atoms with Crippen molar-refractivity contribution in [2.75, 3.05) is 56.2 Å². The van der Waals surface area contributed by atoms with Crippen molar-refractivity contribution in [3.63, 3.8) is 0 Å². The minimum Gasteiger partial charge on any atom is -0.398 e. The largest absolute Gasteiger partial charge is 0.398 e. The molecule has 4 aromatic rings. The number of piperidine rings is 1. The van der Waals surface area contributed by atoms with E-state index in [2.05, 4.69) is 19.9 Å². The number of carbonyl (C=O) groups is 1. The molecule has 2 fully saturated rings. The number of fused-ring (bicyclic) bond motifs is 1. The molecule has 0 radical (unpaired) electrons. The van der Waals surface area contributed by atoms with Crippen LogP contribution in [0, 0.1) is 18.6 Å². The highest BCUT2D eigenvalue weighted by Gasteiger charge is 2.31. The molecule has 0 aliphatic carbocycles. The zero-order valence-electron chi connectivity index (χ0n) is 27.6. The molecule has 0 saturated carbocycles. The molecular formula is C34H38F2N8O4S. The van der Waals surface area contributed by atoms with Gasteiger partial charge >= 0.3 is 5.69 Å². The number of amides is 1. The summed E-state index contributed by atoms with van der Waals surface area (Å²) < 4.78 is 57.8. The van der Waals surface area contributed by atoms with E-state index in [1.807, 2.05) is 13.0 Å². The maximum absolute atomic E-state index is 16.0. The lowest BCUT2D eigenvalue weighted by molar-refractivity contribution is -0.126. The summed E-state index contributed by atoms with van der Waals surface area (Å²) in [4.78, 5) is 45.8. The van der Waals surface area contributed by atoms with E-state index in [1.54, 1.807) is 22.8 Å². The lowest BCUT2D eigenvalue weighted by Gasteiger charge is -2.40. The summed E-state index contributed by atoms with van der Waals surface area (Å²) in [6, 6.07) is 6.15. The monoisotopic (exact) mass is 692 g/mol. The molecule has 0 spiro atoms. The number of rotatable bonds is 7. The Labute approximate surface area is 282 Å². The van der Waals surface area contributed by atoms with Crippen molar-refractivity contribution >= 4 is 38.3 Å². The van der Waals surface area contributed by atoms with Gasteiger partial charge in [-0.15, -0.1) is 0 Å². The fourth-order valence-electron chi connectivity index (χ4n) is 6.58. The molecule has 3 aromatic heterocycles. The topological polar surface area (TPSA) is 148 Å². The van der Waals surface area contributed by atoms with Crippen LogP contribution >= 0.6 is 0 Å². The summed E-state index contributed by atoms with van der Waals surface area (Å²) in [5, 5.41) is -0.330. The first-order valence-electron chi connectivity index (χ1n) is 16.1. The Morgan fingerprint density at radius 3 is 2.51 bits per heavy atom. The lowest BCUT2D eigenvalue weighted by Crippen LogP contribution is -2.54. The Hall–Kier alpha value is -4.76. The van der Waals surface area contributed by atoms with Crippen molar-refractivity contribution in [2.24, 2.45) is 0 Å². The third kappa shape index (κ3) is 6.77. The molecule has 1 atom stereocenters. The van der Waals surface area contributed by atoms with Gasteiger partial charge < -0.3 is 15.5 Å². The van der Waals surface area contributed by atoms with Crippen molar-refractivity contribution in [3.05, 3.63) is 76.4 Å². The molecule has 2 saturated heterocycles. The van der Waals surface area contributed by atoms with E-state index in [-0.39, 0.29) is 52.3 Å². The molecule has 6 rings (SSSR count). The molecule has 2 aliphatic rings. The number of aromatic nitrogens is 4. The van der Waals surface area contributed by atoms with Crippen LogP contribution in [-0.4, -0.2) is 95.2 Å². The van der Waals surface area contributed by atoms with Crippen LogP contribution in [0.1, 0.15) is 31.7 Å². The summed E-state index contributed by atoms with van der Waals surface area (Å²) in [6.45, 7) is 7.09. The highest BCUT2D eigenvalue weighted by atomic mass is 32.2. The van der Waals surface area contributed by atoms with Crippen LogP contribution in [-0.2, 0) is 14.6 Å². The van der Waals surface area contributed by atoms with Gasteiger partial charge in [0.05, 0.1) is 16.6 Å². The van der Waals surface area contributed by atoms with Crippen molar-refractivity contribution in [1.82, 2.24) is 29.3 Å². The number of pyridine rings is 2. The molecule has 49 heavy (non-hydrogen) atoms. The second kappa shape index (κ2) is 13.6. The Kier molecular flexibility index (Phi) is 9.49. The van der Waals surface area contributed by atoms with Crippen molar-refractivity contribution in [2.45, 2.75) is 44.2 Å². The third-order valence-electron chi connectivity index (χ3n) is 9.04. The molecule has 2 N–H and O–H groups in total. The second-order valence-electron chi connectivity index (χ2n) is 12.6. The minimum absolute atomic E-state index is 0.0755. The Balaban J connectivity index is 1.45. The first-order chi connectivity index (χ1) is 23.3. The van der Waals surface area contributed by atoms with Crippen LogP contribution < -0.4 is 16.3 Å². The van der Waals surface area contributed by atoms with Gasteiger partial charge in [-0.25, -0.2) is 36.5 Å². The molecule has 5 heterocycles. The number of aryl methyl sites for hydroxylation is 1. The van der Waals surface area contributed by atoms with Gasteiger partial charge in [-0.05, 0) is 69.6 Å². The van der Waals surface area contributed by atoms with Crippen molar-refractivity contribution in [3.8, 4) is 16.9 Å². The standard InChI is InChI=1S/C34H38F2N8O4S/c1-21-12-13-38-33(49(3,47)48)30(21)44-32-23(19-25(36)29(39-32)28-24(35)9-7-10-26(28)37)31(40-34(44)46)43-18-17-42(20-22(43)2)27(45)11-8-16-41-14-5-4-6-15-41/h7-13,19,22H,4-6,14-18,20,37H2,1-3H3/b11-8+/t22-/m0/s1. The van der Waals surface area contributed by atoms with E-state index in [4.69, 9.17) is 5.73 Å². The molecular weight excluding hydrogens is 654 g/mol. The van der Waals surface area contributed by atoms with E-state index in [0.29, 0.717) is 25.2 Å². The number of carbonyl (C=O) groups excluding carboxylic acids is 1. The predicted octanol–water partition coefficient (Wildman–Crippen LogP) is 3.49. The summed E-state index contributed by atoms with van der Waals surface area (Å²) in [7, 11) is -3.98. The average molecular weight is 693 g/mol. The number of piperazine rings is 1. The molecule has 258 valence electrons. The SMILES string of the molecule is Cc1ccnc(S(C)(=O)=O)c1-n1c(=O)nc(N2CCN(C(=O)/C=C/CN3CCCCC3)C[C@@H]2C)c2cc(F)c(-c3c(N)cccc3F)nc21. The molecule has 0 bridgehead atoms. The van der Waals surface area contributed by atoms with Crippen LogP contribution in [0.2, 0.25) is 0 Å². The summed E-state index contributed by atoms with van der Waals surface area (Å²) in [5.41, 5.74) is 4.40. The highest BCUT2D eigenvalue weighted by Crippen LogP contribution is 2.35. The zero-order valence-corrected chi connectivity index (χ0v) is 28.4. The summed E-state index contributed by atoms with van der Waals surface area (Å²) in [5.74, 6) is -1.79. The van der Waals surface area contributed by atoms with Gasteiger partial charge in [0.25, 0.3) is 0 Å². The van der Waals surface area contributed by atoms with Gasteiger partial charge in [0.15, 0.2) is 26.3 Å². The van der Waals surface area contributed by atoms with Crippen molar-refractivity contribution in [1.29, 1.82) is 0 Å². The molecule has 15 heteroatoms. The summed E-state index contributed by atoms with van der Waals surface area (Å²) in [6.07, 6.45) is 9.29. The fourth-order valence-corrected chi connectivity index (χ4v) is 7.44. The number of sulfone groups is 1. The van der Waals surface area contributed by atoms with Gasteiger partial charge in [0.1, 0.15) is 17.3 Å². The molecule has 12 nitrogen and oxygen atoms in total. The second-order valence-corrected chi connectivity index (χ2v) is 14.5. The Morgan fingerprint density at radius 1 is 1.06 bits per heavy atom. The lowest BCUT2D eigenvalue weighted by atomic mass is 10.1. The first-order valence-corrected chi connectivity index (χ1v) is 18.0. The maximum Gasteiger partial charge on any atom is 0.355 e. The zero-order chi connectivity index (χ0) is 35.0.